The Labute approximate surface area is 169 Å². The summed E-state index contributed by atoms with van der Waals surface area (Å²) in [7, 11) is 1.65. The molecule has 0 atom stereocenters. The lowest BCUT2D eigenvalue weighted by Crippen LogP contribution is -2.49. The number of imidazole rings is 1. The van der Waals surface area contributed by atoms with Crippen molar-refractivity contribution in [3.05, 3.63) is 54.7 Å². The fourth-order valence-corrected chi connectivity index (χ4v) is 3.96. The first kappa shape index (κ1) is 17.8. The van der Waals surface area contributed by atoms with Gasteiger partial charge in [-0.1, -0.05) is 30.3 Å². The number of carbonyl (C=O) groups is 1. The van der Waals surface area contributed by atoms with Crippen LogP contribution in [0, 0.1) is 0 Å². The number of urea groups is 1. The van der Waals surface area contributed by atoms with Crippen LogP contribution in [0.3, 0.4) is 0 Å². The zero-order chi connectivity index (χ0) is 19.8. The Balaban J connectivity index is 1.58. The molecule has 0 unspecified atom stereocenters. The molecule has 148 valence electrons. The van der Waals surface area contributed by atoms with Gasteiger partial charge in [-0.3, -0.25) is 4.90 Å². The van der Waals surface area contributed by atoms with Crippen LogP contribution in [0.4, 0.5) is 10.5 Å². The maximum absolute atomic E-state index is 13.3. The van der Waals surface area contributed by atoms with Crippen LogP contribution in [0.2, 0.25) is 0 Å². The van der Waals surface area contributed by atoms with Crippen molar-refractivity contribution in [3.8, 4) is 28.4 Å². The first-order valence-electron chi connectivity index (χ1n) is 9.70. The van der Waals surface area contributed by atoms with Gasteiger partial charge in [0, 0.05) is 24.2 Å². The van der Waals surface area contributed by atoms with E-state index in [1.165, 1.54) is 0 Å². The number of aromatic nitrogens is 2. The monoisotopic (exact) mass is 390 g/mol. The maximum atomic E-state index is 13.3. The molecular formula is C22H22N4O3. The van der Waals surface area contributed by atoms with E-state index in [-0.39, 0.29) is 6.03 Å². The van der Waals surface area contributed by atoms with Crippen molar-refractivity contribution < 1.29 is 14.3 Å². The van der Waals surface area contributed by atoms with Crippen molar-refractivity contribution in [2.45, 2.75) is 6.67 Å². The van der Waals surface area contributed by atoms with Crippen molar-refractivity contribution in [1.29, 1.82) is 0 Å². The van der Waals surface area contributed by atoms with Gasteiger partial charge in [0.15, 0.2) is 0 Å². The van der Waals surface area contributed by atoms with Crippen LogP contribution >= 0.6 is 0 Å². The van der Waals surface area contributed by atoms with E-state index in [0.29, 0.717) is 33.0 Å². The molecular weight excluding hydrogens is 368 g/mol. The van der Waals surface area contributed by atoms with Crippen LogP contribution in [-0.4, -0.2) is 53.9 Å². The Kier molecular flexibility index (Phi) is 4.44. The number of anilines is 1. The number of fused-ring (bicyclic) bond motifs is 3. The molecule has 2 aliphatic heterocycles. The maximum Gasteiger partial charge on any atom is 0.326 e. The predicted molar refractivity (Wildman–Crippen MR) is 110 cm³/mol. The van der Waals surface area contributed by atoms with Gasteiger partial charge < -0.3 is 18.9 Å². The zero-order valence-electron chi connectivity index (χ0n) is 16.2. The van der Waals surface area contributed by atoms with Crippen molar-refractivity contribution in [1.82, 2.24) is 14.5 Å². The highest BCUT2D eigenvalue weighted by Gasteiger charge is 2.31. The van der Waals surface area contributed by atoms with Gasteiger partial charge in [-0.25, -0.2) is 9.78 Å². The predicted octanol–water partition coefficient (Wildman–Crippen LogP) is 3.46. The van der Waals surface area contributed by atoms with Crippen LogP contribution in [0.1, 0.15) is 0 Å². The molecule has 2 amide bonds. The average Bonchev–Trinajstić information content (AvgIpc) is 3.23. The average molecular weight is 390 g/mol. The molecule has 7 heteroatoms. The molecule has 29 heavy (non-hydrogen) atoms. The van der Waals surface area contributed by atoms with Gasteiger partial charge in [0.25, 0.3) is 0 Å². The molecule has 2 aliphatic rings. The molecule has 7 nitrogen and oxygen atoms in total. The molecule has 5 rings (SSSR count). The summed E-state index contributed by atoms with van der Waals surface area (Å²) >= 11 is 0. The molecule has 0 aliphatic carbocycles. The minimum atomic E-state index is -0.00306. The Bertz CT molecular complexity index is 1060. The van der Waals surface area contributed by atoms with Gasteiger partial charge in [-0.2, -0.15) is 0 Å². The number of hydrogen-bond donors (Lipinski definition) is 0. The largest absolute Gasteiger partial charge is 0.497 e. The van der Waals surface area contributed by atoms with Gasteiger partial charge in [-0.05, 0) is 18.2 Å². The second kappa shape index (κ2) is 7.25. The van der Waals surface area contributed by atoms with Gasteiger partial charge in [-0.15, -0.1) is 0 Å². The first-order valence-corrected chi connectivity index (χ1v) is 9.70. The summed E-state index contributed by atoms with van der Waals surface area (Å²) in [6, 6.07) is 15.8. The van der Waals surface area contributed by atoms with E-state index < -0.39 is 0 Å². The lowest BCUT2D eigenvalue weighted by atomic mass is 10.1. The second-order valence-corrected chi connectivity index (χ2v) is 7.10. The van der Waals surface area contributed by atoms with E-state index in [2.05, 4.69) is 9.55 Å². The lowest BCUT2D eigenvalue weighted by molar-refractivity contribution is 0.0545. The van der Waals surface area contributed by atoms with Crippen LogP contribution in [0.5, 0.6) is 5.75 Å². The second-order valence-electron chi connectivity index (χ2n) is 7.10. The minimum absolute atomic E-state index is 0.00306. The number of hydrogen-bond acceptors (Lipinski definition) is 4. The van der Waals surface area contributed by atoms with Gasteiger partial charge in [0.2, 0.25) is 0 Å². The van der Waals surface area contributed by atoms with Crippen LogP contribution in [-0.2, 0) is 11.4 Å². The van der Waals surface area contributed by atoms with Crippen molar-refractivity contribution in [3.63, 3.8) is 0 Å². The number of ether oxygens (including phenoxy) is 2. The number of carbonyl (C=O) groups excluding carboxylic acids is 1. The molecule has 0 radical (unpaired) electrons. The molecule has 3 heterocycles. The van der Waals surface area contributed by atoms with E-state index in [1.807, 2.05) is 64.5 Å². The van der Waals surface area contributed by atoms with Crippen LogP contribution in [0.25, 0.3) is 22.6 Å². The summed E-state index contributed by atoms with van der Waals surface area (Å²) in [4.78, 5) is 21.7. The highest BCUT2D eigenvalue weighted by Crippen LogP contribution is 2.39. The fraction of sp³-hybridized carbons (Fsp3) is 0.273. The van der Waals surface area contributed by atoms with Gasteiger partial charge in [0.1, 0.15) is 18.2 Å². The molecule has 1 aromatic heterocycles. The van der Waals surface area contributed by atoms with E-state index in [1.54, 1.807) is 7.11 Å². The SMILES string of the molecule is COc1cccc(-c2ncc3n2CN(C(=O)N2CCOCC2)c2ccccc2-3)c1. The number of para-hydroxylation sites is 1. The molecule has 2 aromatic carbocycles. The molecule has 3 aromatic rings. The van der Waals surface area contributed by atoms with Crippen LogP contribution in [0.15, 0.2) is 54.7 Å². The molecule has 1 saturated heterocycles. The number of nitrogens with zero attached hydrogens (tertiary/aromatic N) is 4. The molecule has 0 bridgehead atoms. The number of benzene rings is 2. The third-order valence-electron chi connectivity index (χ3n) is 5.45. The Morgan fingerprint density at radius 2 is 1.93 bits per heavy atom. The summed E-state index contributed by atoms with van der Waals surface area (Å²) in [6.07, 6.45) is 1.88. The topological polar surface area (TPSA) is 59.8 Å². The summed E-state index contributed by atoms with van der Waals surface area (Å²) < 4.78 is 12.9. The Morgan fingerprint density at radius 3 is 2.76 bits per heavy atom. The minimum Gasteiger partial charge on any atom is -0.497 e. The van der Waals surface area contributed by atoms with E-state index >= 15 is 0 Å². The summed E-state index contributed by atoms with van der Waals surface area (Å²) in [6.45, 7) is 2.78. The fourth-order valence-electron chi connectivity index (χ4n) is 3.96. The number of morpholine rings is 1. The standard InChI is InChI=1S/C22H22N4O3/c1-28-17-6-4-5-16(13-17)21-23-14-20-18-7-2-3-8-19(18)26(15-25(20)21)22(27)24-9-11-29-12-10-24/h2-8,13-14H,9-12,15H2,1H3. The third kappa shape index (κ3) is 3.03. The Hall–Kier alpha value is -3.32. The van der Waals surface area contributed by atoms with E-state index in [4.69, 9.17) is 9.47 Å². The van der Waals surface area contributed by atoms with Crippen molar-refractivity contribution in [2.75, 3.05) is 38.3 Å². The quantitative estimate of drug-likeness (QED) is 0.672. The number of amides is 2. The van der Waals surface area contributed by atoms with Gasteiger partial charge in [0.05, 0.1) is 37.9 Å². The normalized spacial score (nSPS) is 15.6. The van der Waals surface area contributed by atoms with Crippen LogP contribution < -0.4 is 9.64 Å². The molecule has 0 saturated carbocycles. The summed E-state index contributed by atoms with van der Waals surface area (Å²) in [5.74, 6) is 1.59. The first-order chi connectivity index (χ1) is 14.3. The smallest absolute Gasteiger partial charge is 0.326 e. The molecule has 1 fully saturated rings. The number of methoxy groups -OCH3 is 1. The van der Waals surface area contributed by atoms with E-state index in [0.717, 1.165) is 34.1 Å². The zero-order valence-corrected chi connectivity index (χ0v) is 16.2. The highest BCUT2D eigenvalue weighted by atomic mass is 16.5. The third-order valence-corrected chi connectivity index (χ3v) is 5.45. The van der Waals surface area contributed by atoms with Crippen molar-refractivity contribution in [2.24, 2.45) is 0 Å². The number of rotatable bonds is 2. The summed E-state index contributed by atoms with van der Waals surface area (Å²) in [5, 5.41) is 0. The Morgan fingerprint density at radius 1 is 1.10 bits per heavy atom. The molecule has 0 N–H and O–H groups in total. The summed E-state index contributed by atoms with van der Waals surface area (Å²) in [5.41, 5.74) is 3.87. The highest BCUT2D eigenvalue weighted by molar-refractivity contribution is 5.97. The lowest BCUT2D eigenvalue weighted by Gasteiger charge is -2.36. The molecule has 0 spiro atoms. The van der Waals surface area contributed by atoms with Gasteiger partial charge >= 0.3 is 6.03 Å². The van der Waals surface area contributed by atoms with E-state index in [9.17, 15) is 4.79 Å². The van der Waals surface area contributed by atoms with Crippen molar-refractivity contribution >= 4 is 11.7 Å².